The molecule has 110 valence electrons. The fourth-order valence-electron chi connectivity index (χ4n) is 2.18. The number of nitrogens with zero attached hydrogens (tertiary/aromatic N) is 1. The number of amides is 1. The van der Waals surface area contributed by atoms with Crippen LogP contribution in [0.3, 0.4) is 0 Å². The highest BCUT2D eigenvalue weighted by molar-refractivity contribution is 5.94. The number of para-hydroxylation sites is 1. The molecule has 2 aromatic rings. The van der Waals surface area contributed by atoms with Crippen LogP contribution < -0.4 is 10.2 Å². The quantitative estimate of drug-likeness (QED) is 0.932. The second kappa shape index (κ2) is 6.39. The van der Waals surface area contributed by atoms with Crippen LogP contribution in [0.25, 0.3) is 0 Å². The van der Waals surface area contributed by atoms with Gasteiger partial charge in [-0.2, -0.15) is 0 Å². The molecule has 3 nitrogen and oxygen atoms in total. The van der Waals surface area contributed by atoms with Gasteiger partial charge >= 0.3 is 0 Å². The van der Waals surface area contributed by atoms with Crippen molar-refractivity contribution in [3.8, 4) is 0 Å². The van der Waals surface area contributed by atoms with E-state index in [1.54, 1.807) is 18.2 Å². The van der Waals surface area contributed by atoms with Crippen LogP contribution in [0.4, 0.5) is 15.8 Å². The lowest BCUT2D eigenvalue weighted by Crippen LogP contribution is -2.30. The summed E-state index contributed by atoms with van der Waals surface area (Å²) in [4.78, 5) is 13.9. The van der Waals surface area contributed by atoms with E-state index in [-0.39, 0.29) is 18.1 Å². The van der Waals surface area contributed by atoms with Gasteiger partial charge in [-0.15, -0.1) is 0 Å². The number of halogens is 1. The van der Waals surface area contributed by atoms with Gasteiger partial charge < -0.3 is 10.2 Å². The Morgan fingerprint density at radius 1 is 1.19 bits per heavy atom. The van der Waals surface area contributed by atoms with Crippen molar-refractivity contribution in [2.45, 2.75) is 13.8 Å². The maximum atomic E-state index is 13.5. The zero-order chi connectivity index (χ0) is 15.4. The molecule has 0 aliphatic carbocycles. The molecule has 0 saturated carbocycles. The Bertz CT molecular complexity index is 655. The van der Waals surface area contributed by atoms with Gasteiger partial charge in [0, 0.05) is 12.7 Å². The van der Waals surface area contributed by atoms with E-state index in [4.69, 9.17) is 0 Å². The highest BCUT2D eigenvalue weighted by Gasteiger charge is 2.11. The normalized spacial score (nSPS) is 10.3. The summed E-state index contributed by atoms with van der Waals surface area (Å²) in [5.41, 5.74) is 3.44. The predicted molar refractivity (Wildman–Crippen MR) is 84.2 cm³/mol. The minimum atomic E-state index is -0.430. The van der Waals surface area contributed by atoms with Crippen LogP contribution in [-0.2, 0) is 4.79 Å². The van der Waals surface area contributed by atoms with Crippen LogP contribution in [0.1, 0.15) is 11.1 Å². The van der Waals surface area contributed by atoms with Crippen LogP contribution in [-0.4, -0.2) is 19.5 Å². The molecule has 1 amide bonds. The Morgan fingerprint density at radius 3 is 2.62 bits per heavy atom. The highest BCUT2D eigenvalue weighted by atomic mass is 19.1. The number of hydrogen-bond acceptors (Lipinski definition) is 2. The molecule has 0 bridgehead atoms. The van der Waals surface area contributed by atoms with E-state index in [1.165, 1.54) is 6.07 Å². The first-order chi connectivity index (χ1) is 9.97. The van der Waals surface area contributed by atoms with Gasteiger partial charge in [-0.05, 0) is 43.2 Å². The zero-order valence-corrected chi connectivity index (χ0v) is 12.5. The number of benzene rings is 2. The van der Waals surface area contributed by atoms with Gasteiger partial charge in [0.25, 0.3) is 0 Å². The summed E-state index contributed by atoms with van der Waals surface area (Å²) in [6.45, 7) is 4.18. The van der Waals surface area contributed by atoms with E-state index in [9.17, 15) is 9.18 Å². The van der Waals surface area contributed by atoms with Crippen molar-refractivity contribution >= 4 is 17.3 Å². The molecule has 0 spiro atoms. The number of carbonyl (C=O) groups is 1. The first-order valence-electron chi connectivity index (χ1n) is 6.80. The monoisotopic (exact) mass is 286 g/mol. The average molecular weight is 286 g/mol. The summed E-state index contributed by atoms with van der Waals surface area (Å²) in [6, 6.07) is 12.2. The van der Waals surface area contributed by atoms with E-state index >= 15 is 0 Å². The lowest BCUT2D eigenvalue weighted by Gasteiger charge is -2.21. The zero-order valence-electron chi connectivity index (χ0n) is 12.5. The van der Waals surface area contributed by atoms with E-state index < -0.39 is 5.82 Å². The van der Waals surface area contributed by atoms with Gasteiger partial charge in [-0.25, -0.2) is 4.39 Å². The number of anilines is 2. The fourth-order valence-corrected chi connectivity index (χ4v) is 2.18. The van der Waals surface area contributed by atoms with Crippen molar-refractivity contribution < 1.29 is 9.18 Å². The lowest BCUT2D eigenvalue weighted by molar-refractivity contribution is -0.114. The summed E-state index contributed by atoms with van der Waals surface area (Å²) >= 11 is 0. The third-order valence-electron chi connectivity index (χ3n) is 3.30. The molecule has 0 radical (unpaired) electrons. The maximum absolute atomic E-state index is 13.5. The van der Waals surface area contributed by atoms with E-state index in [1.807, 2.05) is 44.0 Å². The maximum Gasteiger partial charge on any atom is 0.243 e. The molecule has 2 rings (SSSR count). The summed E-state index contributed by atoms with van der Waals surface area (Å²) in [5.74, 6) is -0.677. The number of aryl methyl sites for hydroxylation is 2. The van der Waals surface area contributed by atoms with E-state index in [0.29, 0.717) is 0 Å². The number of carbonyl (C=O) groups excluding carboxylic acids is 1. The summed E-state index contributed by atoms with van der Waals surface area (Å²) < 4.78 is 13.5. The first-order valence-corrected chi connectivity index (χ1v) is 6.80. The summed E-state index contributed by atoms with van der Waals surface area (Å²) in [7, 11) is 1.85. The third-order valence-corrected chi connectivity index (χ3v) is 3.30. The Kier molecular flexibility index (Phi) is 4.58. The predicted octanol–water partition coefficient (Wildman–Crippen LogP) is 3.52. The SMILES string of the molecule is Cc1ccc(C)c(N(C)CC(=O)Nc2ccccc2F)c1. The summed E-state index contributed by atoms with van der Waals surface area (Å²) in [6.07, 6.45) is 0. The molecule has 0 aliphatic heterocycles. The standard InChI is InChI=1S/C17H19FN2O/c1-12-8-9-13(2)16(10-12)20(3)11-17(21)19-15-7-5-4-6-14(15)18/h4-10H,11H2,1-3H3,(H,19,21). The van der Waals surface area contributed by atoms with Gasteiger partial charge in [0.2, 0.25) is 5.91 Å². The fraction of sp³-hybridized carbons (Fsp3) is 0.235. The Balaban J connectivity index is 2.06. The number of likely N-dealkylation sites (N-methyl/N-ethyl adjacent to an activating group) is 1. The average Bonchev–Trinajstić information content (AvgIpc) is 2.44. The molecule has 0 aliphatic rings. The molecule has 1 N–H and O–H groups in total. The molecule has 0 saturated heterocycles. The number of nitrogens with one attached hydrogen (secondary N) is 1. The van der Waals surface area contributed by atoms with E-state index in [0.717, 1.165) is 16.8 Å². The first kappa shape index (κ1) is 15.0. The van der Waals surface area contributed by atoms with Crippen LogP contribution in [0.5, 0.6) is 0 Å². The Morgan fingerprint density at radius 2 is 1.90 bits per heavy atom. The second-order valence-electron chi connectivity index (χ2n) is 5.17. The van der Waals surface area contributed by atoms with Crippen molar-refractivity contribution in [2.75, 3.05) is 23.8 Å². The Hall–Kier alpha value is -2.36. The molecule has 0 unspecified atom stereocenters. The molecular formula is C17H19FN2O. The Labute approximate surface area is 124 Å². The minimum Gasteiger partial charge on any atom is -0.365 e. The number of hydrogen-bond donors (Lipinski definition) is 1. The van der Waals surface area contributed by atoms with Crippen molar-refractivity contribution in [3.63, 3.8) is 0 Å². The van der Waals surface area contributed by atoms with Gasteiger partial charge in [0.1, 0.15) is 5.82 Å². The molecule has 0 fully saturated rings. The smallest absolute Gasteiger partial charge is 0.243 e. The molecular weight excluding hydrogens is 267 g/mol. The molecule has 0 heterocycles. The van der Waals surface area contributed by atoms with Crippen LogP contribution in [0.15, 0.2) is 42.5 Å². The molecule has 0 atom stereocenters. The molecule has 21 heavy (non-hydrogen) atoms. The molecule has 0 aromatic heterocycles. The van der Waals surface area contributed by atoms with Crippen molar-refractivity contribution in [3.05, 3.63) is 59.4 Å². The minimum absolute atomic E-state index is 0.165. The second-order valence-corrected chi connectivity index (χ2v) is 5.17. The topological polar surface area (TPSA) is 32.3 Å². The van der Waals surface area contributed by atoms with Gasteiger partial charge in [-0.3, -0.25) is 4.79 Å². The van der Waals surface area contributed by atoms with Gasteiger partial charge in [0.05, 0.1) is 12.2 Å². The van der Waals surface area contributed by atoms with Crippen LogP contribution in [0, 0.1) is 19.7 Å². The van der Waals surface area contributed by atoms with E-state index in [2.05, 4.69) is 5.32 Å². The summed E-state index contributed by atoms with van der Waals surface area (Å²) in [5, 5.41) is 2.59. The number of rotatable bonds is 4. The van der Waals surface area contributed by atoms with Crippen LogP contribution >= 0.6 is 0 Å². The lowest BCUT2D eigenvalue weighted by atomic mass is 10.1. The molecule has 4 heteroatoms. The van der Waals surface area contributed by atoms with Crippen molar-refractivity contribution in [1.29, 1.82) is 0 Å². The van der Waals surface area contributed by atoms with Crippen molar-refractivity contribution in [2.24, 2.45) is 0 Å². The highest BCUT2D eigenvalue weighted by Crippen LogP contribution is 2.20. The van der Waals surface area contributed by atoms with Crippen LogP contribution in [0.2, 0.25) is 0 Å². The molecule has 2 aromatic carbocycles. The van der Waals surface area contributed by atoms with Crippen molar-refractivity contribution in [1.82, 2.24) is 0 Å². The third kappa shape index (κ3) is 3.81. The van der Waals surface area contributed by atoms with Gasteiger partial charge in [0.15, 0.2) is 0 Å². The van der Waals surface area contributed by atoms with Gasteiger partial charge in [-0.1, -0.05) is 24.3 Å². The largest absolute Gasteiger partial charge is 0.365 e.